The number of ketones is 1. The van der Waals surface area contributed by atoms with Gasteiger partial charge < -0.3 is 14.8 Å². The third kappa shape index (κ3) is 6.26. The lowest BCUT2D eigenvalue weighted by molar-refractivity contribution is -0.155. The average Bonchev–Trinajstić information content (AvgIpc) is 2.67. The van der Waals surface area contributed by atoms with Crippen molar-refractivity contribution in [1.29, 1.82) is 0 Å². The van der Waals surface area contributed by atoms with E-state index in [-0.39, 0.29) is 12.4 Å². The minimum atomic E-state index is -0.952. The molecule has 0 fully saturated rings. The summed E-state index contributed by atoms with van der Waals surface area (Å²) in [6, 6.07) is 13.9. The van der Waals surface area contributed by atoms with E-state index in [0.717, 1.165) is 6.42 Å². The number of carbonyl (C=O) groups excluding carboxylic acids is 3. The number of Topliss-reactive ketones (excluding diaryl/α,β-unsaturated/α-hetero) is 1. The van der Waals surface area contributed by atoms with Gasteiger partial charge in [0.05, 0.1) is 0 Å². The van der Waals surface area contributed by atoms with Gasteiger partial charge in [-0.1, -0.05) is 19.1 Å². The minimum absolute atomic E-state index is 0.0508. The summed E-state index contributed by atoms with van der Waals surface area (Å²) in [5.74, 6) is -0.691. The van der Waals surface area contributed by atoms with Gasteiger partial charge in [-0.25, -0.2) is 4.79 Å². The standard InChI is InChI=1S/C21H23NO5/c1-4-16-5-9-18(10-6-16)22-21(25)15(3)27-20(24)13-26-19-11-7-17(8-12-19)14(2)23/h5-12,15H,4,13H2,1-3H3,(H,22,25). The predicted molar refractivity (Wildman–Crippen MR) is 102 cm³/mol. The molecule has 0 aromatic heterocycles. The molecule has 0 radical (unpaired) electrons. The predicted octanol–water partition coefficient (Wildman–Crippen LogP) is 3.40. The highest BCUT2D eigenvalue weighted by molar-refractivity contribution is 5.95. The number of anilines is 1. The number of rotatable bonds is 8. The molecule has 0 spiro atoms. The van der Waals surface area contributed by atoms with Crippen molar-refractivity contribution < 1.29 is 23.9 Å². The maximum Gasteiger partial charge on any atom is 0.344 e. The van der Waals surface area contributed by atoms with E-state index >= 15 is 0 Å². The Morgan fingerprint density at radius 2 is 1.63 bits per heavy atom. The summed E-state index contributed by atoms with van der Waals surface area (Å²) in [7, 11) is 0. The summed E-state index contributed by atoms with van der Waals surface area (Å²) < 4.78 is 10.4. The Kier molecular flexibility index (Phi) is 7.11. The number of aryl methyl sites for hydroxylation is 1. The van der Waals surface area contributed by atoms with E-state index in [0.29, 0.717) is 17.0 Å². The van der Waals surface area contributed by atoms with Crippen molar-refractivity contribution >= 4 is 23.3 Å². The third-order valence-electron chi connectivity index (χ3n) is 3.92. The quantitative estimate of drug-likeness (QED) is 0.570. The Morgan fingerprint density at radius 1 is 1.00 bits per heavy atom. The van der Waals surface area contributed by atoms with E-state index in [4.69, 9.17) is 9.47 Å². The minimum Gasteiger partial charge on any atom is -0.482 e. The van der Waals surface area contributed by atoms with E-state index in [2.05, 4.69) is 12.2 Å². The van der Waals surface area contributed by atoms with E-state index in [1.165, 1.54) is 19.4 Å². The molecule has 27 heavy (non-hydrogen) atoms. The van der Waals surface area contributed by atoms with Crippen molar-refractivity contribution in [1.82, 2.24) is 0 Å². The van der Waals surface area contributed by atoms with Crippen LogP contribution in [0.15, 0.2) is 48.5 Å². The third-order valence-corrected chi connectivity index (χ3v) is 3.92. The first-order valence-electron chi connectivity index (χ1n) is 8.72. The van der Waals surface area contributed by atoms with E-state index in [9.17, 15) is 14.4 Å². The van der Waals surface area contributed by atoms with Crippen LogP contribution in [0.1, 0.15) is 36.7 Å². The molecule has 142 valence electrons. The largest absolute Gasteiger partial charge is 0.482 e. The second-order valence-corrected chi connectivity index (χ2v) is 6.04. The number of amides is 1. The van der Waals surface area contributed by atoms with Crippen molar-refractivity contribution in [3.05, 3.63) is 59.7 Å². The molecular formula is C21H23NO5. The Bertz CT molecular complexity index is 796. The summed E-state index contributed by atoms with van der Waals surface area (Å²) in [6.45, 7) is 4.68. The number of benzene rings is 2. The molecule has 1 atom stereocenters. The van der Waals surface area contributed by atoms with Gasteiger partial charge in [0.25, 0.3) is 5.91 Å². The van der Waals surface area contributed by atoms with Crippen LogP contribution in [0, 0.1) is 0 Å². The molecule has 1 unspecified atom stereocenters. The Morgan fingerprint density at radius 3 is 2.19 bits per heavy atom. The van der Waals surface area contributed by atoms with Crippen LogP contribution in [0.3, 0.4) is 0 Å². The van der Waals surface area contributed by atoms with Crippen molar-refractivity contribution in [3.8, 4) is 5.75 Å². The fourth-order valence-electron chi connectivity index (χ4n) is 2.28. The number of ether oxygens (including phenoxy) is 2. The van der Waals surface area contributed by atoms with Crippen LogP contribution in [0.5, 0.6) is 5.75 Å². The molecule has 0 saturated carbocycles. The van der Waals surface area contributed by atoms with Crippen LogP contribution in [0.2, 0.25) is 0 Å². The molecule has 1 amide bonds. The molecule has 0 aliphatic carbocycles. The lowest BCUT2D eigenvalue weighted by Crippen LogP contribution is -2.31. The molecule has 0 saturated heterocycles. The summed E-state index contributed by atoms with van der Waals surface area (Å²) in [5, 5.41) is 2.70. The highest BCUT2D eigenvalue weighted by Crippen LogP contribution is 2.13. The molecular weight excluding hydrogens is 346 g/mol. The summed E-state index contributed by atoms with van der Waals surface area (Å²) in [5.41, 5.74) is 2.37. The van der Waals surface area contributed by atoms with Crippen molar-refractivity contribution in [2.75, 3.05) is 11.9 Å². The number of carbonyl (C=O) groups is 3. The first kappa shape index (κ1) is 20.2. The van der Waals surface area contributed by atoms with Crippen molar-refractivity contribution in [2.24, 2.45) is 0 Å². The smallest absolute Gasteiger partial charge is 0.344 e. The summed E-state index contributed by atoms with van der Waals surface area (Å²) in [4.78, 5) is 35.2. The Balaban J connectivity index is 1.79. The van der Waals surface area contributed by atoms with Crippen LogP contribution >= 0.6 is 0 Å². The van der Waals surface area contributed by atoms with Crippen LogP contribution < -0.4 is 10.1 Å². The molecule has 1 N–H and O–H groups in total. The van der Waals surface area contributed by atoms with Crippen LogP contribution in [0.4, 0.5) is 5.69 Å². The molecule has 6 nitrogen and oxygen atoms in total. The second-order valence-electron chi connectivity index (χ2n) is 6.04. The molecule has 2 aromatic rings. The lowest BCUT2D eigenvalue weighted by Gasteiger charge is -2.14. The molecule has 0 aliphatic heterocycles. The van der Waals surface area contributed by atoms with Crippen molar-refractivity contribution in [3.63, 3.8) is 0 Å². The molecule has 0 bridgehead atoms. The van der Waals surface area contributed by atoms with Crippen LogP contribution in [-0.2, 0) is 20.7 Å². The zero-order valence-corrected chi connectivity index (χ0v) is 15.7. The van der Waals surface area contributed by atoms with Gasteiger partial charge in [-0.3, -0.25) is 9.59 Å². The maximum atomic E-state index is 12.1. The number of nitrogens with one attached hydrogen (secondary N) is 1. The van der Waals surface area contributed by atoms with E-state index in [1.54, 1.807) is 36.4 Å². The van der Waals surface area contributed by atoms with Crippen LogP contribution in [0.25, 0.3) is 0 Å². The van der Waals surface area contributed by atoms with Crippen molar-refractivity contribution in [2.45, 2.75) is 33.3 Å². The van der Waals surface area contributed by atoms with Gasteiger partial charge >= 0.3 is 5.97 Å². The van der Waals surface area contributed by atoms with Crippen LogP contribution in [-0.4, -0.2) is 30.4 Å². The number of hydrogen-bond acceptors (Lipinski definition) is 5. The van der Waals surface area contributed by atoms with Gasteiger partial charge in [0.1, 0.15) is 5.75 Å². The molecule has 2 aromatic carbocycles. The van der Waals surface area contributed by atoms with E-state index in [1.807, 2.05) is 12.1 Å². The number of hydrogen-bond donors (Lipinski definition) is 1. The molecule has 0 heterocycles. The highest BCUT2D eigenvalue weighted by Gasteiger charge is 2.18. The maximum absolute atomic E-state index is 12.1. The molecule has 2 rings (SSSR count). The monoisotopic (exact) mass is 369 g/mol. The van der Waals surface area contributed by atoms with Gasteiger partial charge in [-0.2, -0.15) is 0 Å². The van der Waals surface area contributed by atoms with E-state index < -0.39 is 18.0 Å². The average molecular weight is 369 g/mol. The summed E-state index contributed by atoms with van der Waals surface area (Å²) >= 11 is 0. The first-order valence-corrected chi connectivity index (χ1v) is 8.72. The van der Waals surface area contributed by atoms with Gasteiger partial charge in [-0.05, 0) is 62.2 Å². The molecule has 0 aliphatic rings. The fourth-order valence-corrected chi connectivity index (χ4v) is 2.28. The highest BCUT2D eigenvalue weighted by atomic mass is 16.6. The number of esters is 1. The fraction of sp³-hybridized carbons (Fsp3) is 0.286. The zero-order chi connectivity index (χ0) is 19.8. The Hall–Kier alpha value is -3.15. The van der Waals surface area contributed by atoms with Gasteiger partial charge in [-0.15, -0.1) is 0 Å². The topological polar surface area (TPSA) is 81.7 Å². The summed E-state index contributed by atoms with van der Waals surface area (Å²) in [6.07, 6.45) is -0.0354. The van der Waals surface area contributed by atoms with Gasteiger partial charge in [0, 0.05) is 11.3 Å². The lowest BCUT2D eigenvalue weighted by atomic mass is 10.1. The SMILES string of the molecule is CCc1ccc(NC(=O)C(C)OC(=O)COc2ccc(C(C)=O)cc2)cc1. The van der Waals surface area contributed by atoms with Gasteiger partial charge in [0.15, 0.2) is 18.5 Å². The Labute approximate surface area is 158 Å². The van der Waals surface area contributed by atoms with Gasteiger partial charge in [0.2, 0.25) is 0 Å². The zero-order valence-electron chi connectivity index (χ0n) is 15.7. The normalized spacial score (nSPS) is 11.4. The molecule has 6 heteroatoms. The first-order chi connectivity index (χ1) is 12.9. The second kappa shape index (κ2) is 9.52.